The van der Waals surface area contributed by atoms with Gasteiger partial charge in [0.15, 0.2) is 0 Å². The first-order valence-corrected chi connectivity index (χ1v) is 4.80. The van der Waals surface area contributed by atoms with E-state index in [-0.39, 0.29) is 5.69 Å². The van der Waals surface area contributed by atoms with Crippen molar-refractivity contribution >= 4 is 39.1 Å². The summed E-state index contributed by atoms with van der Waals surface area (Å²) in [4.78, 5) is 14.4. The van der Waals surface area contributed by atoms with Gasteiger partial charge in [-0.3, -0.25) is 0 Å². The molecule has 2 rings (SSSR count). The fourth-order valence-corrected chi connectivity index (χ4v) is 2.45. The number of fused-ring (bicyclic) bond motifs is 1. The van der Waals surface area contributed by atoms with Crippen LogP contribution in [0.3, 0.4) is 0 Å². The van der Waals surface area contributed by atoms with Crippen molar-refractivity contribution in [3.8, 4) is 0 Å². The molecule has 2 N–H and O–H groups in total. The lowest BCUT2D eigenvalue weighted by molar-refractivity contribution is 0.0691. The number of carboxylic acid groups (broad SMARTS) is 1. The van der Waals surface area contributed by atoms with Crippen LogP contribution in [0.15, 0.2) is 6.07 Å². The first-order valence-electron chi connectivity index (χ1n) is 3.60. The summed E-state index contributed by atoms with van der Waals surface area (Å²) < 4.78 is 0.889. The maximum atomic E-state index is 10.6. The van der Waals surface area contributed by atoms with Gasteiger partial charge >= 0.3 is 5.97 Å². The van der Waals surface area contributed by atoms with Crippen LogP contribution in [-0.2, 0) is 0 Å². The molecule has 0 radical (unpaired) electrons. The summed E-state index contributed by atoms with van der Waals surface area (Å²) in [5, 5.41) is 9.31. The van der Waals surface area contributed by atoms with Crippen LogP contribution in [-0.4, -0.2) is 16.1 Å². The second kappa shape index (κ2) is 2.75. The molecular formula is C8H6ClNO2S. The molecule has 13 heavy (non-hydrogen) atoms. The minimum atomic E-state index is -0.961. The van der Waals surface area contributed by atoms with Gasteiger partial charge in [0.25, 0.3) is 0 Å². The van der Waals surface area contributed by atoms with Crippen LogP contribution < -0.4 is 0 Å². The number of H-pyrrole nitrogens is 1. The number of rotatable bonds is 1. The van der Waals surface area contributed by atoms with Gasteiger partial charge in [-0.25, -0.2) is 4.79 Å². The summed E-state index contributed by atoms with van der Waals surface area (Å²) in [7, 11) is 0. The quantitative estimate of drug-likeness (QED) is 0.769. The van der Waals surface area contributed by atoms with Crippen LogP contribution in [0.4, 0.5) is 0 Å². The Morgan fingerprint density at radius 1 is 1.69 bits per heavy atom. The third-order valence-corrected chi connectivity index (χ3v) is 3.44. The van der Waals surface area contributed by atoms with Gasteiger partial charge < -0.3 is 10.1 Å². The van der Waals surface area contributed by atoms with Gasteiger partial charge in [0.05, 0.1) is 15.2 Å². The molecule has 3 nitrogen and oxygen atoms in total. The van der Waals surface area contributed by atoms with E-state index in [2.05, 4.69) is 4.98 Å². The van der Waals surface area contributed by atoms with Crippen LogP contribution >= 0.6 is 22.9 Å². The Morgan fingerprint density at radius 3 is 2.92 bits per heavy atom. The SMILES string of the molecule is Cc1sc2cc(C(=O)O)[nH]c2c1Cl. The summed E-state index contributed by atoms with van der Waals surface area (Å²) in [5.41, 5.74) is 0.907. The van der Waals surface area contributed by atoms with Crippen LogP contribution in [0.25, 0.3) is 10.2 Å². The minimum absolute atomic E-state index is 0.183. The number of aromatic nitrogens is 1. The highest BCUT2D eigenvalue weighted by Gasteiger charge is 2.13. The first kappa shape index (κ1) is 8.59. The van der Waals surface area contributed by atoms with Crippen LogP contribution in [0.2, 0.25) is 5.02 Å². The van der Waals surface area contributed by atoms with E-state index in [9.17, 15) is 4.79 Å². The zero-order valence-corrected chi connectivity index (χ0v) is 8.29. The Labute approximate surface area is 83.0 Å². The average molecular weight is 216 g/mol. The molecule has 0 amide bonds. The summed E-state index contributed by atoms with van der Waals surface area (Å²) in [5.74, 6) is -0.961. The number of hydrogen-bond donors (Lipinski definition) is 2. The number of aromatic carboxylic acids is 1. The normalized spacial score (nSPS) is 10.9. The zero-order valence-electron chi connectivity index (χ0n) is 6.72. The summed E-state index contributed by atoms with van der Waals surface area (Å²) in [6.07, 6.45) is 0. The van der Waals surface area contributed by atoms with Crippen molar-refractivity contribution in [2.45, 2.75) is 6.92 Å². The van der Waals surface area contributed by atoms with Crippen molar-refractivity contribution in [1.82, 2.24) is 4.98 Å². The molecule has 0 aromatic carbocycles. The van der Waals surface area contributed by atoms with Gasteiger partial charge in [-0.2, -0.15) is 0 Å². The highest BCUT2D eigenvalue weighted by Crippen LogP contribution is 2.34. The van der Waals surface area contributed by atoms with E-state index in [1.54, 1.807) is 6.07 Å². The van der Waals surface area contributed by atoms with E-state index in [1.165, 1.54) is 11.3 Å². The van der Waals surface area contributed by atoms with Gasteiger partial charge in [-0.15, -0.1) is 11.3 Å². The van der Waals surface area contributed by atoms with E-state index in [4.69, 9.17) is 16.7 Å². The fourth-order valence-electron chi connectivity index (χ4n) is 1.18. The van der Waals surface area contributed by atoms with Crippen molar-refractivity contribution in [2.24, 2.45) is 0 Å². The molecule has 0 aliphatic rings. The van der Waals surface area contributed by atoms with Crippen molar-refractivity contribution < 1.29 is 9.90 Å². The van der Waals surface area contributed by atoms with Crippen molar-refractivity contribution in [3.63, 3.8) is 0 Å². The predicted molar refractivity (Wildman–Crippen MR) is 52.9 cm³/mol. The second-order valence-electron chi connectivity index (χ2n) is 2.70. The molecule has 2 heterocycles. The van der Waals surface area contributed by atoms with Crippen LogP contribution in [0.1, 0.15) is 15.4 Å². The predicted octanol–water partition coefficient (Wildman–Crippen LogP) is 2.89. The Bertz CT molecular complexity index is 486. The monoisotopic (exact) mass is 215 g/mol. The van der Waals surface area contributed by atoms with E-state index in [0.717, 1.165) is 15.1 Å². The van der Waals surface area contributed by atoms with Crippen LogP contribution in [0, 0.1) is 6.92 Å². The first-order chi connectivity index (χ1) is 6.09. The molecular weight excluding hydrogens is 210 g/mol. The summed E-state index contributed by atoms with van der Waals surface area (Å²) >= 11 is 7.44. The van der Waals surface area contributed by atoms with Gasteiger partial charge in [0.1, 0.15) is 5.69 Å². The van der Waals surface area contributed by atoms with Gasteiger partial charge in [-0.1, -0.05) is 11.6 Å². The lowest BCUT2D eigenvalue weighted by Gasteiger charge is -1.87. The van der Waals surface area contributed by atoms with E-state index >= 15 is 0 Å². The smallest absolute Gasteiger partial charge is 0.352 e. The number of hydrogen-bond acceptors (Lipinski definition) is 2. The summed E-state index contributed by atoms with van der Waals surface area (Å²) in [6.45, 7) is 1.90. The molecule has 0 atom stereocenters. The maximum absolute atomic E-state index is 10.6. The van der Waals surface area contributed by atoms with Crippen LogP contribution in [0.5, 0.6) is 0 Å². The van der Waals surface area contributed by atoms with Gasteiger partial charge in [0, 0.05) is 4.88 Å². The Hall–Kier alpha value is -1.00. The number of carboxylic acids is 1. The molecule has 68 valence electrons. The minimum Gasteiger partial charge on any atom is -0.477 e. The average Bonchev–Trinajstić information content (AvgIpc) is 2.55. The third kappa shape index (κ3) is 1.22. The molecule has 0 unspecified atom stereocenters. The Morgan fingerprint density at radius 2 is 2.38 bits per heavy atom. The Kier molecular flexibility index (Phi) is 1.82. The number of aryl methyl sites for hydroxylation is 1. The Balaban J connectivity index is 2.72. The molecule has 2 aromatic rings. The molecule has 2 aromatic heterocycles. The molecule has 0 saturated heterocycles. The fraction of sp³-hybridized carbons (Fsp3) is 0.125. The van der Waals surface area contributed by atoms with Crippen molar-refractivity contribution in [3.05, 3.63) is 21.7 Å². The highest BCUT2D eigenvalue weighted by molar-refractivity contribution is 7.19. The summed E-state index contributed by atoms with van der Waals surface area (Å²) in [6, 6.07) is 1.60. The standard InChI is InChI=1S/C8H6ClNO2S/c1-3-6(9)7-5(13-3)2-4(10-7)8(11)12/h2,10H,1H3,(H,11,12). The molecule has 5 heteroatoms. The van der Waals surface area contributed by atoms with E-state index < -0.39 is 5.97 Å². The van der Waals surface area contributed by atoms with Crippen molar-refractivity contribution in [1.29, 1.82) is 0 Å². The number of nitrogens with one attached hydrogen (secondary N) is 1. The molecule has 0 bridgehead atoms. The number of carbonyl (C=O) groups is 1. The molecule has 0 aliphatic carbocycles. The molecule has 0 fully saturated rings. The second-order valence-corrected chi connectivity index (χ2v) is 4.33. The van der Waals surface area contributed by atoms with Gasteiger partial charge in [0.2, 0.25) is 0 Å². The third-order valence-electron chi connectivity index (χ3n) is 1.80. The lowest BCUT2D eigenvalue weighted by Crippen LogP contribution is -1.94. The largest absolute Gasteiger partial charge is 0.477 e. The topological polar surface area (TPSA) is 53.1 Å². The maximum Gasteiger partial charge on any atom is 0.352 e. The van der Waals surface area contributed by atoms with Crippen molar-refractivity contribution in [2.75, 3.05) is 0 Å². The molecule has 0 spiro atoms. The lowest BCUT2D eigenvalue weighted by atomic mass is 10.4. The number of halogens is 1. The molecule has 0 saturated carbocycles. The highest BCUT2D eigenvalue weighted by atomic mass is 35.5. The van der Waals surface area contributed by atoms with E-state index in [0.29, 0.717) is 5.02 Å². The number of thiophene rings is 1. The number of aromatic amines is 1. The van der Waals surface area contributed by atoms with E-state index in [1.807, 2.05) is 6.92 Å². The molecule has 0 aliphatic heterocycles. The zero-order chi connectivity index (χ0) is 9.59. The van der Waals surface area contributed by atoms with Gasteiger partial charge in [-0.05, 0) is 13.0 Å².